The number of sulfonamides is 1. The zero-order valence-electron chi connectivity index (χ0n) is 34.1. The minimum absolute atomic E-state index is 0.0484. The molecule has 3 aliphatic heterocycles. The van der Waals surface area contributed by atoms with Crippen LogP contribution in [-0.4, -0.2) is 99.8 Å². The molecule has 14 nitrogen and oxygen atoms in total. The summed E-state index contributed by atoms with van der Waals surface area (Å²) in [5.41, 5.74) is -4.23. The number of fused-ring (bicyclic) bond motifs is 5. The Bertz CT molecular complexity index is 2260. The van der Waals surface area contributed by atoms with Crippen LogP contribution < -0.4 is 19.5 Å². The van der Waals surface area contributed by atoms with E-state index < -0.39 is 103 Å². The standard InChI is InChI=1S/C42H52F3N5O9S/c1-23(2)31-32-35(51)47-41(37(53)48-60(56,57)39(3)18-19-39)21-24(41)10-8-6-5-7-9-11-30(50(38(54)55)25-12-13-25)36(52)49(32)22-40(31)17-16-27-28-20-26(58-4)14-15-29(28)46-34(33(27)59-40)42(43,44)45/h8,10,14-15,20,23-25,30-32H,5-7,9,11-13,16-19,21-22H2,1-4H3,(H,47,51)(H,48,53)(H,54,55)/b10-8-/t24-,30+,31?,32+,40+,41-/m1/s1. The first-order valence-corrected chi connectivity index (χ1v) is 22.4. The SMILES string of the molecule is COc1ccc2nc(C(F)(F)F)c3c(c2c1)CC[C@@]1(CN2C(=O)[C@@H](N(C(=O)O)C4CC4)CCCCC/C=C\[C@@H]4C[C@@]4(C(=O)NS(=O)(=O)C4(C)CC4)NC(=O)[C@@H]2C1C(C)C)O3. The molecular formula is C42H52F3N5O9S. The highest BCUT2D eigenvalue weighted by Crippen LogP contribution is 2.53. The van der Waals surface area contributed by atoms with Gasteiger partial charge in [-0.3, -0.25) is 24.0 Å². The lowest BCUT2D eigenvalue weighted by atomic mass is 9.73. The van der Waals surface area contributed by atoms with Crippen molar-refractivity contribution in [1.82, 2.24) is 24.8 Å². The monoisotopic (exact) mass is 859 g/mol. The first-order valence-electron chi connectivity index (χ1n) is 20.9. The largest absolute Gasteiger partial charge is 0.497 e. The van der Waals surface area contributed by atoms with E-state index in [2.05, 4.69) is 15.0 Å². The van der Waals surface area contributed by atoms with Crippen LogP contribution in [-0.2, 0) is 37.0 Å². The Morgan fingerprint density at radius 2 is 1.85 bits per heavy atom. The summed E-state index contributed by atoms with van der Waals surface area (Å²) in [7, 11) is -2.68. The Balaban J connectivity index is 1.25. The van der Waals surface area contributed by atoms with Crippen molar-refractivity contribution in [2.45, 2.75) is 138 Å². The highest BCUT2D eigenvalue weighted by molar-refractivity contribution is 7.91. The maximum Gasteiger partial charge on any atom is 0.437 e. The summed E-state index contributed by atoms with van der Waals surface area (Å²) < 4.78 is 84.8. The molecule has 8 rings (SSSR count). The van der Waals surface area contributed by atoms with Crippen molar-refractivity contribution in [1.29, 1.82) is 0 Å². The number of rotatable bonds is 7. The van der Waals surface area contributed by atoms with E-state index in [0.717, 1.165) is 4.90 Å². The average molecular weight is 860 g/mol. The van der Waals surface area contributed by atoms with Gasteiger partial charge in [-0.05, 0) is 95.2 Å². The van der Waals surface area contributed by atoms with Crippen molar-refractivity contribution in [3.63, 3.8) is 0 Å². The fourth-order valence-electron chi connectivity index (χ4n) is 9.93. The van der Waals surface area contributed by atoms with Crippen LogP contribution in [0.3, 0.4) is 0 Å². The van der Waals surface area contributed by atoms with Gasteiger partial charge in [0.1, 0.15) is 29.0 Å². The summed E-state index contributed by atoms with van der Waals surface area (Å²) in [6.07, 6.45) is 2.02. The zero-order chi connectivity index (χ0) is 43.2. The van der Waals surface area contributed by atoms with E-state index in [1.165, 1.54) is 31.1 Å². The van der Waals surface area contributed by atoms with Crippen LogP contribution in [0.2, 0.25) is 0 Å². The molecule has 326 valence electrons. The van der Waals surface area contributed by atoms with Crippen LogP contribution in [0.4, 0.5) is 18.0 Å². The molecule has 0 bridgehead atoms. The molecule has 3 saturated carbocycles. The molecule has 6 aliphatic rings. The molecule has 0 radical (unpaired) electrons. The van der Waals surface area contributed by atoms with Gasteiger partial charge < -0.3 is 24.8 Å². The molecule has 4 fully saturated rings. The lowest BCUT2D eigenvalue weighted by Gasteiger charge is -2.42. The van der Waals surface area contributed by atoms with E-state index in [1.54, 1.807) is 26.0 Å². The number of hydrogen-bond donors (Lipinski definition) is 3. The number of nitrogens with zero attached hydrogens (tertiary/aromatic N) is 3. The quantitative estimate of drug-likeness (QED) is 0.292. The van der Waals surface area contributed by atoms with Crippen LogP contribution in [0.15, 0.2) is 30.4 Å². The van der Waals surface area contributed by atoms with Crippen molar-refractivity contribution in [2.75, 3.05) is 13.7 Å². The van der Waals surface area contributed by atoms with Gasteiger partial charge in [-0.15, -0.1) is 0 Å². The number of methoxy groups -OCH3 is 1. The smallest absolute Gasteiger partial charge is 0.437 e. The van der Waals surface area contributed by atoms with Gasteiger partial charge in [0.05, 0.1) is 23.9 Å². The normalized spacial score (nSPS) is 30.8. The van der Waals surface area contributed by atoms with Crippen LogP contribution in [0, 0.1) is 17.8 Å². The van der Waals surface area contributed by atoms with Gasteiger partial charge in [0.15, 0.2) is 11.4 Å². The van der Waals surface area contributed by atoms with Gasteiger partial charge in [-0.25, -0.2) is 18.2 Å². The van der Waals surface area contributed by atoms with Crippen molar-refractivity contribution in [2.24, 2.45) is 17.8 Å². The van der Waals surface area contributed by atoms with Crippen molar-refractivity contribution in [3.05, 3.63) is 41.6 Å². The number of aryl methyl sites for hydroxylation is 1. The highest BCUT2D eigenvalue weighted by Gasteiger charge is 2.66. The van der Waals surface area contributed by atoms with E-state index in [4.69, 9.17) is 9.47 Å². The predicted molar refractivity (Wildman–Crippen MR) is 211 cm³/mol. The average Bonchev–Trinajstić information content (AvgIpc) is 4.12. The third-order valence-corrected chi connectivity index (χ3v) is 15.9. The first kappa shape index (κ1) is 42.1. The summed E-state index contributed by atoms with van der Waals surface area (Å²) in [5.74, 6) is -4.60. The minimum atomic E-state index is -4.95. The maximum atomic E-state index is 15.2. The lowest BCUT2D eigenvalue weighted by molar-refractivity contribution is -0.145. The van der Waals surface area contributed by atoms with E-state index in [9.17, 15) is 36.3 Å². The van der Waals surface area contributed by atoms with E-state index in [0.29, 0.717) is 62.5 Å². The number of carboxylic acid groups (broad SMARTS) is 1. The second-order valence-electron chi connectivity index (χ2n) is 18.2. The number of amides is 4. The molecule has 1 saturated heterocycles. The predicted octanol–water partition coefficient (Wildman–Crippen LogP) is 5.71. The third-order valence-electron chi connectivity index (χ3n) is 13.7. The number of alkyl halides is 3. The number of ether oxygens (including phenoxy) is 2. The number of halogens is 3. The van der Waals surface area contributed by atoms with Gasteiger partial charge in [0.25, 0.3) is 5.91 Å². The fraction of sp³-hybridized carbons (Fsp3) is 0.643. The topological polar surface area (TPSA) is 185 Å². The van der Waals surface area contributed by atoms with Crippen LogP contribution >= 0.6 is 0 Å². The number of pyridine rings is 1. The molecule has 2 aromatic rings. The summed E-state index contributed by atoms with van der Waals surface area (Å²) in [4.78, 5) is 63.8. The van der Waals surface area contributed by atoms with Crippen molar-refractivity contribution < 1.29 is 55.3 Å². The van der Waals surface area contributed by atoms with Crippen molar-refractivity contribution >= 4 is 44.7 Å². The Morgan fingerprint density at radius 3 is 2.48 bits per heavy atom. The van der Waals surface area contributed by atoms with E-state index in [-0.39, 0.29) is 43.3 Å². The Kier molecular flexibility index (Phi) is 10.4. The van der Waals surface area contributed by atoms with Gasteiger partial charge >= 0.3 is 12.3 Å². The van der Waals surface area contributed by atoms with E-state index in [1.807, 2.05) is 6.08 Å². The molecule has 1 unspecified atom stereocenters. The lowest BCUT2D eigenvalue weighted by Crippen LogP contribution is -2.60. The molecule has 6 atom stereocenters. The maximum absolute atomic E-state index is 15.2. The molecule has 3 aliphatic carbocycles. The molecule has 4 heterocycles. The van der Waals surface area contributed by atoms with Gasteiger partial charge in [-0.2, -0.15) is 13.2 Å². The molecule has 18 heteroatoms. The number of nitrogens with one attached hydrogen (secondary N) is 2. The molecule has 4 amide bonds. The first-order chi connectivity index (χ1) is 28.3. The molecule has 1 aromatic carbocycles. The number of carbonyl (C=O) groups excluding carboxylic acids is 3. The number of allylic oxidation sites excluding steroid dienone is 1. The van der Waals surface area contributed by atoms with Gasteiger partial charge in [0, 0.05) is 28.8 Å². The molecular weight excluding hydrogens is 808 g/mol. The molecule has 3 N–H and O–H groups in total. The molecule has 1 spiro atoms. The zero-order valence-corrected chi connectivity index (χ0v) is 35.0. The number of aromatic nitrogens is 1. The summed E-state index contributed by atoms with van der Waals surface area (Å²) in [6, 6.07) is 1.49. The van der Waals surface area contributed by atoms with Crippen LogP contribution in [0.5, 0.6) is 11.5 Å². The third kappa shape index (κ3) is 7.23. The Morgan fingerprint density at radius 1 is 1.12 bits per heavy atom. The highest BCUT2D eigenvalue weighted by atomic mass is 32.2. The van der Waals surface area contributed by atoms with Gasteiger partial charge in [0.2, 0.25) is 21.8 Å². The Labute approximate surface area is 346 Å². The number of benzene rings is 1. The minimum Gasteiger partial charge on any atom is -0.497 e. The summed E-state index contributed by atoms with van der Waals surface area (Å²) in [5, 5.41) is 13.8. The fourth-order valence-corrected chi connectivity index (χ4v) is 11.2. The van der Waals surface area contributed by atoms with E-state index >= 15 is 9.59 Å². The summed E-state index contributed by atoms with van der Waals surface area (Å²) in [6.45, 7) is 4.72. The van der Waals surface area contributed by atoms with Crippen LogP contribution in [0.25, 0.3) is 10.9 Å². The van der Waals surface area contributed by atoms with Crippen LogP contribution in [0.1, 0.15) is 103 Å². The van der Waals surface area contributed by atoms with Gasteiger partial charge in [-0.1, -0.05) is 38.8 Å². The second-order valence-corrected chi connectivity index (χ2v) is 20.4. The van der Waals surface area contributed by atoms with Crippen molar-refractivity contribution in [3.8, 4) is 11.5 Å². The number of hydrogen-bond acceptors (Lipinski definition) is 9. The Hall–Kier alpha value is -4.61. The second kappa shape index (κ2) is 14.8. The molecule has 60 heavy (non-hydrogen) atoms. The molecule has 1 aromatic heterocycles. The number of carbonyl (C=O) groups is 4. The summed E-state index contributed by atoms with van der Waals surface area (Å²) >= 11 is 0.